The molecule has 1 aliphatic carbocycles. The van der Waals surface area contributed by atoms with Crippen molar-refractivity contribution in [2.45, 2.75) is 31.7 Å². The molecule has 130 valence electrons. The van der Waals surface area contributed by atoms with E-state index in [1.807, 2.05) is 36.3 Å². The van der Waals surface area contributed by atoms with Gasteiger partial charge in [0.2, 0.25) is 0 Å². The lowest BCUT2D eigenvalue weighted by Crippen LogP contribution is -2.39. The molecule has 7 heteroatoms. The quantitative estimate of drug-likeness (QED) is 0.681. The summed E-state index contributed by atoms with van der Waals surface area (Å²) < 4.78 is 1.83. The molecule has 0 aliphatic heterocycles. The predicted octanol–water partition coefficient (Wildman–Crippen LogP) is 2.22. The van der Waals surface area contributed by atoms with Gasteiger partial charge in [-0.1, -0.05) is 0 Å². The predicted molar refractivity (Wildman–Crippen MR) is 95.2 cm³/mol. The molecule has 0 spiro atoms. The lowest BCUT2D eigenvalue weighted by Gasteiger charge is -2.22. The molecule has 3 heterocycles. The summed E-state index contributed by atoms with van der Waals surface area (Å²) in [6.07, 6.45) is 9.51. The highest BCUT2D eigenvalue weighted by molar-refractivity contribution is 5.79. The van der Waals surface area contributed by atoms with Gasteiger partial charge >= 0.3 is 6.03 Å². The number of fused-ring (bicyclic) bond motifs is 2. The van der Waals surface area contributed by atoms with Gasteiger partial charge in [-0.05, 0) is 43.4 Å². The number of aryl methyl sites for hydroxylation is 2. The van der Waals surface area contributed by atoms with Crippen LogP contribution in [0.1, 0.15) is 35.7 Å². The lowest BCUT2D eigenvalue weighted by atomic mass is 9.93. The first-order valence-corrected chi connectivity index (χ1v) is 8.68. The fourth-order valence-corrected chi connectivity index (χ4v) is 3.56. The van der Waals surface area contributed by atoms with Crippen molar-refractivity contribution in [3.63, 3.8) is 0 Å². The largest absolute Gasteiger partial charge is 0.346 e. The van der Waals surface area contributed by atoms with Gasteiger partial charge in [-0.3, -0.25) is 4.68 Å². The third-order valence-electron chi connectivity index (χ3n) is 4.74. The normalized spacial score (nSPS) is 16.6. The number of carbonyl (C=O) groups is 1. The smallest absolute Gasteiger partial charge is 0.315 e. The molecule has 0 bridgehead atoms. The minimum absolute atomic E-state index is 0.0507. The van der Waals surface area contributed by atoms with E-state index in [-0.39, 0.29) is 12.1 Å². The minimum atomic E-state index is -0.125. The maximum absolute atomic E-state index is 12.3. The molecule has 25 heavy (non-hydrogen) atoms. The van der Waals surface area contributed by atoms with Crippen LogP contribution in [-0.2, 0) is 19.9 Å². The Morgan fingerprint density at radius 3 is 3.32 bits per heavy atom. The van der Waals surface area contributed by atoms with E-state index in [0.717, 1.165) is 53.5 Å². The second-order valence-electron chi connectivity index (χ2n) is 6.51. The molecule has 1 atom stereocenters. The molecule has 0 fully saturated rings. The second-order valence-corrected chi connectivity index (χ2v) is 6.51. The Labute approximate surface area is 145 Å². The molecule has 0 aromatic carbocycles. The maximum Gasteiger partial charge on any atom is 0.315 e. The summed E-state index contributed by atoms with van der Waals surface area (Å²) in [5, 5.41) is 11.6. The van der Waals surface area contributed by atoms with Crippen LogP contribution in [0.5, 0.6) is 0 Å². The summed E-state index contributed by atoms with van der Waals surface area (Å²) in [5.74, 6) is 0. The maximum atomic E-state index is 12.3. The number of rotatable bonds is 4. The van der Waals surface area contributed by atoms with Gasteiger partial charge in [-0.15, -0.1) is 0 Å². The number of carbonyl (C=O) groups excluding carboxylic acids is 1. The summed E-state index contributed by atoms with van der Waals surface area (Å²) in [7, 11) is 1.92. The Morgan fingerprint density at radius 1 is 1.48 bits per heavy atom. The van der Waals surface area contributed by atoms with Gasteiger partial charge in [0.1, 0.15) is 5.65 Å². The van der Waals surface area contributed by atoms with Gasteiger partial charge in [-0.25, -0.2) is 9.78 Å². The number of aromatic nitrogens is 4. The molecule has 1 aliphatic rings. The Morgan fingerprint density at radius 2 is 2.40 bits per heavy atom. The van der Waals surface area contributed by atoms with E-state index in [1.54, 1.807) is 6.20 Å². The van der Waals surface area contributed by atoms with Crippen LogP contribution in [0.3, 0.4) is 0 Å². The molecule has 1 unspecified atom stereocenters. The van der Waals surface area contributed by atoms with Crippen molar-refractivity contribution in [3.05, 3.63) is 47.5 Å². The van der Waals surface area contributed by atoms with Gasteiger partial charge in [0.25, 0.3) is 0 Å². The number of urea groups is 1. The fraction of sp³-hybridized carbons (Fsp3) is 0.389. The molecule has 3 aromatic rings. The molecule has 4 rings (SSSR count). The van der Waals surface area contributed by atoms with Gasteiger partial charge < -0.3 is 15.6 Å². The van der Waals surface area contributed by atoms with Gasteiger partial charge in [0, 0.05) is 43.1 Å². The molecular formula is C18H22N6O. The van der Waals surface area contributed by atoms with Crippen LogP contribution in [0, 0.1) is 0 Å². The summed E-state index contributed by atoms with van der Waals surface area (Å²) in [4.78, 5) is 19.7. The standard InChI is InChI=1S/C18H22N6O/c1-24-11-14-15(5-2-6-16(14)23-24)22-18(25)20-9-7-12-10-21-17-13(12)4-3-8-19-17/h3-4,8,10-11,15H,2,5-7,9H2,1H3,(H,19,21)(H2,20,22,25). The topological polar surface area (TPSA) is 87.6 Å². The summed E-state index contributed by atoms with van der Waals surface area (Å²) in [6.45, 7) is 0.584. The highest BCUT2D eigenvalue weighted by atomic mass is 16.2. The first kappa shape index (κ1) is 15.7. The zero-order chi connectivity index (χ0) is 17.2. The number of nitrogens with one attached hydrogen (secondary N) is 3. The zero-order valence-electron chi connectivity index (χ0n) is 14.2. The highest BCUT2D eigenvalue weighted by Gasteiger charge is 2.24. The number of aromatic amines is 1. The third-order valence-corrected chi connectivity index (χ3v) is 4.74. The van der Waals surface area contributed by atoms with Gasteiger partial charge in [0.05, 0.1) is 11.7 Å². The Balaban J connectivity index is 1.33. The van der Waals surface area contributed by atoms with E-state index < -0.39 is 0 Å². The Kier molecular flexibility index (Phi) is 4.13. The number of amides is 2. The Bertz CT molecular complexity index is 896. The van der Waals surface area contributed by atoms with Crippen LogP contribution in [0.4, 0.5) is 4.79 Å². The molecule has 7 nitrogen and oxygen atoms in total. The van der Waals surface area contributed by atoms with Crippen molar-refractivity contribution >= 4 is 17.1 Å². The highest BCUT2D eigenvalue weighted by Crippen LogP contribution is 2.28. The van der Waals surface area contributed by atoms with Crippen molar-refractivity contribution in [3.8, 4) is 0 Å². The molecule has 2 amide bonds. The molecular weight excluding hydrogens is 316 g/mol. The minimum Gasteiger partial charge on any atom is -0.346 e. The van der Waals surface area contributed by atoms with Crippen LogP contribution in [0.25, 0.3) is 11.0 Å². The van der Waals surface area contributed by atoms with E-state index in [2.05, 4.69) is 25.7 Å². The van der Waals surface area contributed by atoms with Crippen molar-refractivity contribution in [1.29, 1.82) is 0 Å². The first-order valence-electron chi connectivity index (χ1n) is 8.68. The summed E-state index contributed by atoms with van der Waals surface area (Å²) >= 11 is 0. The van der Waals surface area contributed by atoms with Crippen LogP contribution in [0.2, 0.25) is 0 Å². The van der Waals surface area contributed by atoms with Gasteiger partial charge in [-0.2, -0.15) is 5.10 Å². The van der Waals surface area contributed by atoms with Gasteiger partial charge in [0.15, 0.2) is 0 Å². The SMILES string of the molecule is Cn1cc2c(n1)CCCC2NC(=O)NCCc1c[nH]c2ncccc12. The molecule has 3 N–H and O–H groups in total. The van der Waals surface area contributed by atoms with E-state index in [9.17, 15) is 4.79 Å². The average molecular weight is 338 g/mol. The van der Waals surface area contributed by atoms with E-state index in [0.29, 0.717) is 6.54 Å². The van der Waals surface area contributed by atoms with Crippen molar-refractivity contribution < 1.29 is 4.79 Å². The number of hydrogen-bond donors (Lipinski definition) is 3. The van der Waals surface area contributed by atoms with Crippen LogP contribution >= 0.6 is 0 Å². The van der Waals surface area contributed by atoms with Crippen LogP contribution < -0.4 is 10.6 Å². The molecule has 0 saturated carbocycles. The third kappa shape index (κ3) is 3.22. The lowest BCUT2D eigenvalue weighted by molar-refractivity contribution is 0.235. The zero-order valence-corrected chi connectivity index (χ0v) is 14.2. The van der Waals surface area contributed by atoms with E-state index in [1.165, 1.54) is 0 Å². The van der Waals surface area contributed by atoms with Crippen molar-refractivity contribution in [2.24, 2.45) is 7.05 Å². The number of nitrogens with zero attached hydrogens (tertiary/aromatic N) is 3. The number of H-pyrrole nitrogens is 1. The monoisotopic (exact) mass is 338 g/mol. The molecule has 0 radical (unpaired) electrons. The first-order chi connectivity index (χ1) is 12.2. The van der Waals surface area contributed by atoms with Crippen LogP contribution in [0.15, 0.2) is 30.7 Å². The summed E-state index contributed by atoms with van der Waals surface area (Å²) in [6, 6.07) is 3.89. The Hall–Kier alpha value is -2.83. The fourth-order valence-electron chi connectivity index (χ4n) is 3.56. The van der Waals surface area contributed by atoms with Crippen molar-refractivity contribution in [1.82, 2.24) is 30.4 Å². The van der Waals surface area contributed by atoms with Crippen LogP contribution in [-0.4, -0.2) is 32.3 Å². The molecule has 3 aromatic heterocycles. The average Bonchev–Trinajstić information content (AvgIpc) is 3.18. The number of hydrogen-bond acceptors (Lipinski definition) is 3. The number of pyridine rings is 1. The summed E-state index contributed by atoms with van der Waals surface area (Å²) in [5.41, 5.74) is 4.29. The molecule has 0 saturated heterocycles. The second kappa shape index (κ2) is 6.58. The van der Waals surface area contributed by atoms with Crippen molar-refractivity contribution in [2.75, 3.05) is 6.54 Å². The van der Waals surface area contributed by atoms with E-state index >= 15 is 0 Å². The van der Waals surface area contributed by atoms with E-state index in [4.69, 9.17) is 0 Å².